The van der Waals surface area contributed by atoms with Crippen LogP contribution in [0, 0.1) is 4.91 Å². The number of rotatable bonds is 5. The highest BCUT2D eigenvalue weighted by Crippen LogP contribution is 2.08. The Morgan fingerprint density at radius 2 is 2.30 bits per heavy atom. The Morgan fingerprint density at radius 3 is 2.60 bits per heavy atom. The highest BCUT2D eigenvalue weighted by Gasteiger charge is 2.24. The van der Waals surface area contributed by atoms with E-state index in [0.29, 0.717) is 6.61 Å². The second kappa shape index (κ2) is 4.35. The molecule has 0 fully saturated rings. The number of aliphatic hydroxyl groups excluding tert-OH is 1. The predicted molar refractivity (Wildman–Crippen MR) is 37.8 cm³/mol. The zero-order chi connectivity index (χ0) is 8.04. The maximum Gasteiger partial charge on any atom is 0.146 e. The van der Waals surface area contributed by atoms with Crippen molar-refractivity contribution >= 4 is 0 Å². The van der Waals surface area contributed by atoms with E-state index in [4.69, 9.17) is 9.84 Å². The summed E-state index contributed by atoms with van der Waals surface area (Å²) in [6, 6.07) is 0. The first kappa shape index (κ1) is 9.52. The third kappa shape index (κ3) is 2.89. The topological polar surface area (TPSA) is 58.9 Å². The minimum atomic E-state index is -0.962. The van der Waals surface area contributed by atoms with E-state index in [-0.39, 0.29) is 13.2 Å². The lowest BCUT2D eigenvalue weighted by atomic mass is 10.1. The van der Waals surface area contributed by atoms with Crippen LogP contribution in [0.5, 0.6) is 0 Å². The second-order valence-electron chi connectivity index (χ2n) is 2.38. The van der Waals surface area contributed by atoms with Crippen LogP contribution in [0.2, 0.25) is 0 Å². The van der Waals surface area contributed by atoms with Gasteiger partial charge < -0.3 is 9.84 Å². The van der Waals surface area contributed by atoms with Crippen molar-refractivity contribution in [2.45, 2.75) is 19.4 Å². The van der Waals surface area contributed by atoms with Gasteiger partial charge in [-0.25, -0.2) is 0 Å². The Hall–Kier alpha value is -0.480. The molecule has 10 heavy (non-hydrogen) atoms. The van der Waals surface area contributed by atoms with Crippen LogP contribution in [0.1, 0.15) is 13.8 Å². The number of nitrogens with zero attached hydrogens (tertiary/aromatic N) is 1. The molecule has 0 saturated heterocycles. The average Bonchev–Trinajstić information content (AvgIpc) is 2.00. The number of nitroso groups, excluding NO2 is 1. The Bertz CT molecular complexity index is 107. The summed E-state index contributed by atoms with van der Waals surface area (Å²) >= 11 is 0. The van der Waals surface area contributed by atoms with E-state index in [0.717, 1.165) is 0 Å². The van der Waals surface area contributed by atoms with E-state index in [9.17, 15) is 4.91 Å². The molecule has 0 amide bonds. The zero-order valence-electron chi connectivity index (χ0n) is 6.33. The molecule has 0 aromatic carbocycles. The molecule has 4 heteroatoms. The molecule has 1 N–H and O–H groups in total. The SMILES string of the molecule is CCOCC(C)(CO)N=O. The molecule has 4 nitrogen and oxygen atoms in total. The van der Waals surface area contributed by atoms with Crippen molar-refractivity contribution in [3.8, 4) is 0 Å². The summed E-state index contributed by atoms with van der Waals surface area (Å²) in [5.74, 6) is 0. The molecule has 0 aromatic heterocycles. The molecule has 0 aromatic rings. The molecule has 0 bridgehead atoms. The minimum absolute atomic E-state index is 0.184. The molecule has 0 rings (SSSR count). The van der Waals surface area contributed by atoms with Gasteiger partial charge in [0.05, 0.1) is 13.2 Å². The van der Waals surface area contributed by atoms with Gasteiger partial charge >= 0.3 is 0 Å². The summed E-state index contributed by atoms with van der Waals surface area (Å²) in [5, 5.41) is 11.4. The van der Waals surface area contributed by atoms with E-state index >= 15 is 0 Å². The summed E-state index contributed by atoms with van der Waals surface area (Å²) in [6.07, 6.45) is 0. The van der Waals surface area contributed by atoms with Crippen LogP contribution in [0.25, 0.3) is 0 Å². The normalized spacial score (nSPS) is 16.3. The molecule has 0 heterocycles. The summed E-state index contributed by atoms with van der Waals surface area (Å²) in [4.78, 5) is 10.1. The Labute approximate surface area is 60.2 Å². The smallest absolute Gasteiger partial charge is 0.146 e. The molecule has 0 saturated carbocycles. The van der Waals surface area contributed by atoms with Gasteiger partial charge in [-0.15, -0.1) is 0 Å². The number of aliphatic hydroxyl groups is 1. The second-order valence-corrected chi connectivity index (χ2v) is 2.38. The van der Waals surface area contributed by atoms with Crippen molar-refractivity contribution in [1.82, 2.24) is 0 Å². The van der Waals surface area contributed by atoms with Crippen LogP contribution < -0.4 is 0 Å². The maximum atomic E-state index is 10.1. The van der Waals surface area contributed by atoms with Crippen LogP contribution >= 0.6 is 0 Å². The van der Waals surface area contributed by atoms with Crippen molar-refractivity contribution in [2.24, 2.45) is 5.18 Å². The van der Waals surface area contributed by atoms with Crippen LogP contribution in [0.15, 0.2) is 5.18 Å². The Morgan fingerprint density at radius 1 is 1.70 bits per heavy atom. The van der Waals surface area contributed by atoms with Crippen LogP contribution in [-0.4, -0.2) is 30.5 Å². The molecule has 60 valence electrons. The molecule has 0 radical (unpaired) electrons. The lowest BCUT2D eigenvalue weighted by Gasteiger charge is -2.16. The van der Waals surface area contributed by atoms with Crippen LogP contribution in [-0.2, 0) is 4.74 Å². The van der Waals surface area contributed by atoms with E-state index in [2.05, 4.69) is 5.18 Å². The summed E-state index contributed by atoms with van der Waals surface area (Å²) in [7, 11) is 0. The monoisotopic (exact) mass is 147 g/mol. The molecule has 0 spiro atoms. The Kier molecular flexibility index (Phi) is 4.14. The molecule has 0 aliphatic heterocycles. The fourth-order valence-corrected chi connectivity index (χ4v) is 0.423. The van der Waals surface area contributed by atoms with Crippen molar-refractivity contribution < 1.29 is 9.84 Å². The molecule has 1 atom stereocenters. The maximum absolute atomic E-state index is 10.1. The van der Waals surface area contributed by atoms with Gasteiger partial charge in [0.1, 0.15) is 5.54 Å². The van der Waals surface area contributed by atoms with Crippen LogP contribution in [0.3, 0.4) is 0 Å². The fourth-order valence-electron chi connectivity index (χ4n) is 0.423. The van der Waals surface area contributed by atoms with Gasteiger partial charge in [-0.1, -0.05) is 5.18 Å². The number of ether oxygens (including phenoxy) is 1. The van der Waals surface area contributed by atoms with Crippen molar-refractivity contribution in [1.29, 1.82) is 0 Å². The van der Waals surface area contributed by atoms with Crippen molar-refractivity contribution in [3.05, 3.63) is 4.91 Å². The molecule has 0 aliphatic carbocycles. The van der Waals surface area contributed by atoms with E-state index in [1.54, 1.807) is 6.92 Å². The number of hydrogen-bond acceptors (Lipinski definition) is 4. The van der Waals surface area contributed by atoms with Crippen molar-refractivity contribution in [2.75, 3.05) is 19.8 Å². The van der Waals surface area contributed by atoms with Gasteiger partial charge in [0.2, 0.25) is 0 Å². The highest BCUT2D eigenvalue weighted by molar-refractivity contribution is 4.80. The first-order valence-electron chi connectivity index (χ1n) is 3.21. The lowest BCUT2D eigenvalue weighted by molar-refractivity contribution is 0.0708. The summed E-state index contributed by atoms with van der Waals surface area (Å²) in [6.45, 7) is 3.82. The third-order valence-electron chi connectivity index (χ3n) is 1.18. The summed E-state index contributed by atoms with van der Waals surface area (Å²) < 4.78 is 4.93. The van der Waals surface area contributed by atoms with Gasteiger partial charge in [0.25, 0.3) is 0 Å². The fraction of sp³-hybridized carbons (Fsp3) is 1.00. The zero-order valence-corrected chi connectivity index (χ0v) is 6.33. The first-order chi connectivity index (χ1) is 4.68. The first-order valence-corrected chi connectivity index (χ1v) is 3.21. The average molecular weight is 147 g/mol. The van der Waals surface area contributed by atoms with E-state index in [1.165, 1.54) is 0 Å². The van der Waals surface area contributed by atoms with Crippen molar-refractivity contribution in [3.63, 3.8) is 0 Å². The molecule has 0 aliphatic rings. The van der Waals surface area contributed by atoms with Crippen LogP contribution in [0.4, 0.5) is 0 Å². The van der Waals surface area contributed by atoms with Gasteiger partial charge in [-0.05, 0) is 13.8 Å². The van der Waals surface area contributed by atoms with Gasteiger partial charge in [0.15, 0.2) is 0 Å². The van der Waals surface area contributed by atoms with E-state index in [1.807, 2.05) is 6.92 Å². The quantitative estimate of drug-likeness (QED) is 0.577. The van der Waals surface area contributed by atoms with Gasteiger partial charge in [-0.2, -0.15) is 4.91 Å². The lowest BCUT2D eigenvalue weighted by Crippen LogP contribution is -2.32. The highest BCUT2D eigenvalue weighted by atomic mass is 16.5. The summed E-state index contributed by atoms with van der Waals surface area (Å²) in [5.41, 5.74) is -0.962. The number of hydrogen-bond donors (Lipinski definition) is 1. The standard InChI is InChI=1S/C6H13NO3/c1-3-10-5-6(2,4-8)7-9/h8H,3-5H2,1-2H3. The largest absolute Gasteiger partial charge is 0.394 e. The van der Waals surface area contributed by atoms with Gasteiger partial charge in [0, 0.05) is 6.61 Å². The third-order valence-corrected chi connectivity index (χ3v) is 1.18. The molecular formula is C6H13NO3. The molecular weight excluding hydrogens is 134 g/mol. The van der Waals surface area contributed by atoms with Gasteiger partial charge in [-0.3, -0.25) is 0 Å². The minimum Gasteiger partial charge on any atom is -0.394 e. The Balaban J connectivity index is 3.68. The van der Waals surface area contributed by atoms with E-state index < -0.39 is 5.54 Å². The predicted octanol–water partition coefficient (Wildman–Crippen LogP) is 0.540. The molecule has 1 unspecified atom stereocenters.